The molecule has 1 aromatic rings. The first kappa shape index (κ1) is 9.51. The van der Waals surface area contributed by atoms with Gasteiger partial charge in [-0.05, 0) is 13.0 Å². The Hall–Kier alpha value is -1.58. The van der Waals surface area contributed by atoms with E-state index in [2.05, 4.69) is 4.98 Å². The zero-order valence-electron chi connectivity index (χ0n) is 7.58. The van der Waals surface area contributed by atoms with Crippen LogP contribution in [0.3, 0.4) is 0 Å². The number of amidine groups is 1. The van der Waals surface area contributed by atoms with Gasteiger partial charge in [-0.2, -0.15) is 0 Å². The molecule has 4 heteroatoms. The molecule has 0 atom stereocenters. The Morgan fingerprint density at radius 1 is 1.69 bits per heavy atom. The third-order valence-electron chi connectivity index (χ3n) is 1.54. The highest BCUT2D eigenvalue weighted by molar-refractivity contribution is 5.80. The minimum Gasteiger partial charge on any atom is -0.493 e. The van der Waals surface area contributed by atoms with E-state index in [0.717, 1.165) is 11.3 Å². The lowest BCUT2D eigenvalue weighted by Crippen LogP contribution is -2.13. The molecule has 13 heavy (non-hydrogen) atoms. The summed E-state index contributed by atoms with van der Waals surface area (Å²) in [6, 6.07) is 1.78. The van der Waals surface area contributed by atoms with Crippen molar-refractivity contribution >= 4 is 5.84 Å². The Balaban J connectivity index is 2.84. The summed E-state index contributed by atoms with van der Waals surface area (Å²) in [6.07, 6.45) is 3.73. The predicted octanol–water partition coefficient (Wildman–Crippen LogP) is 0.959. The molecule has 0 radical (unpaired) electrons. The Labute approximate surface area is 77.2 Å². The average molecular weight is 179 g/mol. The van der Waals surface area contributed by atoms with E-state index in [-0.39, 0.29) is 5.84 Å². The smallest absolute Gasteiger partial charge is 0.125 e. The Morgan fingerprint density at radius 2 is 2.46 bits per heavy atom. The molecule has 0 bridgehead atoms. The van der Waals surface area contributed by atoms with Gasteiger partial charge in [-0.15, -0.1) is 0 Å². The van der Waals surface area contributed by atoms with Gasteiger partial charge in [-0.1, -0.05) is 0 Å². The number of pyridine rings is 1. The summed E-state index contributed by atoms with van der Waals surface area (Å²) < 4.78 is 5.35. The number of nitrogens with one attached hydrogen (secondary N) is 1. The normalized spacial score (nSPS) is 9.62. The quantitative estimate of drug-likeness (QED) is 0.534. The van der Waals surface area contributed by atoms with Crippen LogP contribution in [0.1, 0.15) is 12.5 Å². The molecule has 3 N–H and O–H groups in total. The minimum absolute atomic E-state index is 0.119. The van der Waals surface area contributed by atoms with Gasteiger partial charge in [0.25, 0.3) is 0 Å². The van der Waals surface area contributed by atoms with E-state index in [9.17, 15) is 0 Å². The molecule has 0 aliphatic rings. The topological polar surface area (TPSA) is 72.0 Å². The first-order valence-electron chi connectivity index (χ1n) is 4.12. The number of aromatic nitrogens is 1. The predicted molar refractivity (Wildman–Crippen MR) is 51.0 cm³/mol. The highest BCUT2D eigenvalue weighted by Gasteiger charge is 2.03. The third-order valence-corrected chi connectivity index (χ3v) is 1.54. The minimum atomic E-state index is 0.119. The van der Waals surface area contributed by atoms with Crippen LogP contribution in [0.25, 0.3) is 0 Å². The van der Waals surface area contributed by atoms with Crippen LogP contribution < -0.4 is 10.5 Å². The second-order valence-electron chi connectivity index (χ2n) is 2.62. The van der Waals surface area contributed by atoms with Gasteiger partial charge in [-0.25, -0.2) is 0 Å². The second kappa shape index (κ2) is 4.45. The van der Waals surface area contributed by atoms with E-state index in [1.807, 2.05) is 6.92 Å². The van der Waals surface area contributed by atoms with Crippen molar-refractivity contribution in [3.05, 3.63) is 24.0 Å². The van der Waals surface area contributed by atoms with Crippen molar-refractivity contribution in [3.8, 4) is 5.75 Å². The van der Waals surface area contributed by atoms with E-state index < -0.39 is 0 Å². The molecule has 0 unspecified atom stereocenters. The number of nitrogens with zero attached hydrogens (tertiary/aromatic N) is 1. The monoisotopic (exact) mass is 179 g/mol. The largest absolute Gasteiger partial charge is 0.493 e. The molecule has 0 saturated heterocycles. The Bertz CT molecular complexity index is 299. The van der Waals surface area contributed by atoms with E-state index in [1.165, 1.54) is 0 Å². The van der Waals surface area contributed by atoms with Gasteiger partial charge in [0.2, 0.25) is 0 Å². The van der Waals surface area contributed by atoms with Gasteiger partial charge in [0.15, 0.2) is 0 Å². The lowest BCUT2D eigenvalue weighted by Gasteiger charge is -2.07. The molecule has 0 fully saturated rings. The van der Waals surface area contributed by atoms with Gasteiger partial charge >= 0.3 is 0 Å². The summed E-state index contributed by atoms with van der Waals surface area (Å²) in [4.78, 5) is 3.95. The molecule has 70 valence electrons. The van der Waals surface area contributed by atoms with E-state index >= 15 is 0 Å². The molecular weight excluding hydrogens is 166 g/mol. The molecule has 0 aromatic carbocycles. The summed E-state index contributed by atoms with van der Waals surface area (Å²) in [6.45, 7) is 2.52. The maximum atomic E-state index is 7.16. The molecule has 0 aliphatic heterocycles. The average Bonchev–Trinajstić information content (AvgIpc) is 2.08. The van der Waals surface area contributed by atoms with Gasteiger partial charge in [0, 0.05) is 24.4 Å². The first-order chi connectivity index (χ1) is 6.24. The highest BCUT2D eigenvalue weighted by atomic mass is 16.5. The molecule has 1 rings (SSSR count). The van der Waals surface area contributed by atoms with Crippen molar-refractivity contribution < 1.29 is 4.74 Å². The van der Waals surface area contributed by atoms with Crippen LogP contribution in [0, 0.1) is 5.41 Å². The summed E-state index contributed by atoms with van der Waals surface area (Å²) in [5.74, 6) is 0.877. The van der Waals surface area contributed by atoms with Crippen LogP contribution in [-0.2, 0) is 6.42 Å². The fourth-order valence-electron chi connectivity index (χ4n) is 1.05. The van der Waals surface area contributed by atoms with Crippen LogP contribution in [-0.4, -0.2) is 17.4 Å². The van der Waals surface area contributed by atoms with E-state index in [1.54, 1.807) is 18.5 Å². The zero-order chi connectivity index (χ0) is 9.68. The number of ether oxygens (including phenoxy) is 1. The number of hydrogen-bond donors (Lipinski definition) is 2. The van der Waals surface area contributed by atoms with Gasteiger partial charge in [0.05, 0.1) is 12.4 Å². The molecule has 4 nitrogen and oxygen atoms in total. The molecule has 0 spiro atoms. The van der Waals surface area contributed by atoms with E-state index in [0.29, 0.717) is 13.0 Å². The number of hydrogen-bond acceptors (Lipinski definition) is 3. The van der Waals surface area contributed by atoms with Crippen LogP contribution >= 0.6 is 0 Å². The van der Waals surface area contributed by atoms with Crippen molar-refractivity contribution in [1.29, 1.82) is 5.41 Å². The summed E-state index contributed by atoms with van der Waals surface area (Å²) in [5, 5.41) is 7.16. The van der Waals surface area contributed by atoms with Crippen molar-refractivity contribution in [2.45, 2.75) is 13.3 Å². The van der Waals surface area contributed by atoms with Crippen LogP contribution in [0.4, 0.5) is 0 Å². The molecule has 0 saturated carbocycles. The fraction of sp³-hybridized carbons (Fsp3) is 0.333. The zero-order valence-corrected chi connectivity index (χ0v) is 7.58. The van der Waals surface area contributed by atoms with E-state index in [4.69, 9.17) is 15.9 Å². The van der Waals surface area contributed by atoms with Gasteiger partial charge in [-0.3, -0.25) is 10.4 Å². The standard InChI is InChI=1S/C9H13N3O/c1-2-13-8-3-4-12-6-7(8)5-9(10)11/h3-4,6H,2,5H2,1H3,(H3,10,11). The number of nitrogens with two attached hydrogens (primary N) is 1. The maximum Gasteiger partial charge on any atom is 0.125 e. The van der Waals surface area contributed by atoms with Crippen molar-refractivity contribution in [1.82, 2.24) is 4.98 Å². The van der Waals surface area contributed by atoms with Crippen LogP contribution in [0.15, 0.2) is 18.5 Å². The second-order valence-corrected chi connectivity index (χ2v) is 2.62. The fourth-order valence-corrected chi connectivity index (χ4v) is 1.05. The van der Waals surface area contributed by atoms with Crippen molar-refractivity contribution in [2.24, 2.45) is 5.73 Å². The molecule has 0 aliphatic carbocycles. The van der Waals surface area contributed by atoms with Crippen LogP contribution in [0.5, 0.6) is 5.75 Å². The van der Waals surface area contributed by atoms with Gasteiger partial charge < -0.3 is 10.5 Å². The highest BCUT2D eigenvalue weighted by Crippen LogP contribution is 2.16. The SMILES string of the molecule is CCOc1ccncc1CC(=N)N. The summed E-state index contributed by atoms with van der Waals surface area (Å²) >= 11 is 0. The Kier molecular flexibility index (Phi) is 3.25. The molecule has 1 aromatic heterocycles. The summed E-state index contributed by atoms with van der Waals surface area (Å²) in [5.41, 5.74) is 6.15. The maximum absolute atomic E-state index is 7.16. The lowest BCUT2D eigenvalue weighted by atomic mass is 10.2. The third kappa shape index (κ3) is 2.74. The van der Waals surface area contributed by atoms with Crippen LogP contribution in [0.2, 0.25) is 0 Å². The van der Waals surface area contributed by atoms with Gasteiger partial charge in [0.1, 0.15) is 5.75 Å². The molecule has 1 heterocycles. The first-order valence-corrected chi connectivity index (χ1v) is 4.12. The van der Waals surface area contributed by atoms with Crippen molar-refractivity contribution in [2.75, 3.05) is 6.61 Å². The lowest BCUT2D eigenvalue weighted by molar-refractivity contribution is 0.337. The Morgan fingerprint density at radius 3 is 3.08 bits per heavy atom. The number of rotatable bonds is 4. The molecule has 0 amide bonds. The summed E-state index contributed by atoms with van der Waals surface area (Å²) in [7, 11) is 0. The van der Waals surface area contributed by atoms with Crippen molar-refractivity contribution in [3.63, 3.8) is 0 Å². The molecular formula is C9H13N3O.